The zero-order valence-electron chi connectivity index (χ0n) is 17.9. The second-order valence-electron chi connectivity index (χ2n) is 8.63. The number of carbonyl (C=O) groups excluding carboxylic acids is 2. The molecule has 4 rings (SSSR count). The molecule has 2 aliphatic rings. The second-order valence-corrected chi connectivity index (χ2v) is 8.63. The quantitative estimate of drug-likeness (QED) is 0.810. The average molecular weight is 418 g/mol. The van der Waals surface area contributed by atoms with Gasteiger partial charge in [-0.05, 0) is 41.7 Å². The molecule has 1 saturated heterocycles. The molecule has 1 N–H and O–H groups in total. The van der Waals surface area contributed by atoms with Crippen molar-refractivity contribution in [3.05, 3.63) is 59.7 Å². The van der Waals surface area contributed by atoms with Crippen molar-refractivity contribution in [1.82, 2.24) is 9.80 Å². The summed E-state index contributed by atoms with van der Waals surface area (Å²) in [5.74, 6) is -0.237. The first-order valence-electron chi connectivity index (χ1n) is 10.7. The van der Waals surface area contributed by atoms with Crippen molar-refractivity contribution >= 4 is 11.8 Å². The average Bonchev–Trinajstić information content (AvgIpc) is 2.72. The fraction of sp³-hybridized carbons (Fsp3) is 0.400. The summed E-state index contributed by atoms with van der Waals surface area (Å²) in [5, 5.41) is 19.7. The van der Waals surface area contributed by atoms with E-state index < -0.39 is 6.04 Å². The molecule has 1 aliphatic carbocycles. The maximum Gasteiger partial charge on any atom is 0.253 e. The monoisotopic (exact) mass is 417 g/mol. The zero-order valence-corrected chi connectivity index (χ0v) is 17.9. The summed E-state index contributed by atoms with van der Waals surface area (Å²) in [4.78, 5) is 28.1. The molecular weight excluding hydrogens is 390 g/mol. The van der Waals surface area contributed by atoms with Crippen LogP contribution < -0.4 is 0 Å². The number of likely N-dealkylation sites (tertiary alicyclic amines) is 1. The Kier molecular flexibility index (Phi) is 5.79. The zero-order chi connectivity index (χ0) is 22.1. The second kappa shape index (κ2) is 8.52. The molecule has 6 heteroatoms. The Labute approximate surface area is 182 Å². The van der Waals surface area contributed by atoms with E-state index in [-0.39, 0.29) is 36.3 Å². The topological polar surface area (TPSA) is 84.6 Å². The normalized spacial score (nSPS) is 22.8. The molecule has 1 aliphatic heterocycles. The van der Waals surface area contributed by atoms with Gasteiger partial charge < -0.3 is 14.9 Å². The molecule has 0 radical (unpaired) electrons. The first-order chi connectivity index (χ1) is 15.0. The molecule has 0 unspecified atom stereocenters. The van der Waals surface area contributed by atoms with Crippen molar-refractivity contribution in [1.29, 1.82) is 5.26 Å². The van der Waals surface area contributed by atoms with Crippen LogP contribution in [0, 0.1) is 17.2 Å². The Morgan fingerprint density at radius 1 is 1.13 bits per heavy atom. The number of hydrogen-bond donors (Lipinski definition) is 1. The molecular formula is C25H27N3O3. The SMILES string of the molecule is CN(C)C(=O)c1cccc(-c2ccc([C@H]3[C@@H](C#N)N(C(=O)C4CCC4)[C@@H]3CO)cc2)c1. The van der Waals surface area contributed by atoms with Crippen molar-refractivity contribution in [3.63, 3.8) is 0 Å². The fourth-order valence-electron chi connectivity index (χ4n) is 4.56. The molecule has 3 atom stereocenters. The smallest absolute Gasteiger partial charge is 0.253 e. The number of benzene rings is 2. The molecule has 2 aromatic carbocycles. The third kappa shape index (κ3) is 3.70. The van der Waals surface area contributed by atoms with Gasteiger partial charge in [-0.15, -0.1) is 0 Å². The molecule has 2 aromatic rings. The van der Waals surface area contributed by atoms with Crippen molar-refractivity contribution in [2.75, 3.05) is 20.7 Å². The predicted molar refractivity (Wildman–Crippen MR) is 117 cm³/mol. The summed E-state index contributed by atoms with van der Waals surface area (Å²) < 4.78 is 0. The van der Waals surface area contributed by atoms with Gasteiger partial charge in [-0.25, -0.2) is 0 Å². The van der Waals surface area contributed by atoms with Crippen molar-refractivity contribution in [3.8, 4) is 17.2 Å². The van der Waals surface area contributed by atoms with Gasteiger partial charge in [0.15, 0.2) is 0 Å². The van der Waals surface area contributed by atoms with Crippen LogP contribution in [0.2, 0.25) is 0 Å². The number of rotatable bonds is 5. The van der Waals surface area contributed by atoms with Crippen LogP contribution in [0.3, 0.4) is 0 Å². The summed E-state index contributed by atoms with van der Waals surface area (Å²) in [7, 11) is 3.45. The van der Waals surface area contributed by atoms with Crippen LogP contribution in [0.1, 0.15) is 41.1 Å². The lowest BCUT2D eigenvalue weighted by molar-refractivity contribution is -0.154. The molecule has 0 bridgehead atoms. The van der Waals surface area contributed by atoms with E-state index in [1.165, 1.54) is 0 Å². The first-order valence-corrected chi connectivity index (χ1v) is 10.7. The third-order valence-corrected chi connectivity index (χ3v) is 6.58. The molecule has 1 saturated carbocycles. The molecule has 2 fully saturated rings. The number of hydrogen-bond acceptors (Lipinski definition) is 4. The first kappa shape index (κ1) is 21.1. The van der Waals surface area contributed by atoms with E-state index in [2.05, 4.69) is 6.07 Å². The summed E-state index contributed by atoms with van der Waals surface area (Å²) in [6.45, 7) is -0.155. The lowest BCUT2D eigenvalue weighted by Crippen LogP contribution is -2.66. The minimum Gasteiger partial charge on any atom is -0.394 e. The van der Waals surface area contributed by atoms with Crippen LogP contribution >= 0.6 is 0 Å². The molecule has 0 aromatic heterocycles. The van der Waals surface area contributed by atoms with Crippen LogP contribution in [0.4, 0.5) is 0 Å². The standard InChI is InChI=1S/C25H27N3O3/c1-27(2)24(30)20-8-4-7-19(13-20)16-9-11-17(12-10-16)23-21(14-26)28(22(23)15-29)25(31)18-5-3-6-18/h4,7-13,18,21-23,29H,3,5-6,15H2,1-2H3/t21-,22-,23+/m1/s1. The van der Waals surface area contributed by atoms with Gasteiger partial charge in [-0.2, -0.15) is 5.26 Å². The van der Waals surface area contributed by atoms with Gasteiger partial charge in [-0.3, -0.25) is 9.59 Å². The van der Waals surface area contributed by atoms with E-state index >= 15 is 0 Å². The molecule has 2 amide bonds. The summed E-state index contributed by atoms with van der Waals surface area (Å²) in [6, 6.07) is 16.7. The molecule has 1 heterocycles. The molecule has 0 spiro atoms. The number of nitriles is 1. The van der Waals surface area contributed by atoms with Crippen LogP contribution in [-0.4, -0.2) is 59.5 Å². The van der Waals surface area contributed by atoms with E-state index in [9.17, 15) is 20.0 Å². The lowest BCUT2D eigenvalue weighted by atomic mass is 9.73. The van der Waals surface area contributed by atoms with E-state index in [0.717, 1.165) is 36.0 Å². The lowest BCUT2D eigenvalue weighted by Gasteiger charge is -2.53. The van der Waals surface area contributed by atoms with E-state index in [1.54, 1.807) is 30.0 Å². The summed E-state index contributed by atoms with van der Waals surface area (Å²) in [6.07, 6.45) is 2.80. The van der Waals surface area contributed by atoms with Crippen LogP contribution in [0.15, 0.2) is 48.5 Å². The Balaban J connectivity index is 1.55. The molecule has 31 heavy (non-hydrogen) atoms. The Bertz CT molecular complexity index is 1020. The van der Waals surface area contributed by atoms with Gasteiger partial charge in [0.05, 0.1) is 18.7 Å². The highest BCUT2D eigenvalue weighted by Crippen LogP contribution is 2.43. The maximum absolute atomic E-state index is 12.7. The van der Waals surface area contributed by atoms with Gasteiger partial charge in [0.2, 0.25) is 5.91 Å². The third-order valence-electron chi connectivity index (χ3n) is 6.58. The highest BCUT2D eigenvalue weighted by atomic mass is 16.3. The number of carbonyl (C=O) groups is 2. The van der Waals surface area contributed by atoms with Crippen LogP contribution in [-0.2, 0) is 4.79 Å². The van der Waals surface area contributed by atoms with Crippen LogP contribution in [0.25, 0.3) is 11.1 Å². The van der Waals surface area contributed by atoms with Crippen molar-refractivity contribution in [2.24, 2.45) is 5.92 Å². The Morgan fingerprint density at radius 3 is 2.39 bits per heavy atom. The van der Waals surface area contributed by atoms with Gasteiger partial charge in [0.1, 0.15) is 6.04 Å². The van der Waals surface area contributed by atoms with Gasteiger partial charge >= 0.3 is 0 Å². The van der Waals surface area contributed by atoms with Gasteiger partial charge in [0, 0.05) is 31.5 Å². The number of amides is 2. The predicted octanol–water partition coefficient (Wildman–Crippen LogP) is 3.03. The number of nitrogens with zero attached hydrogens (tertiary/aromatic N) is 3. The summed E-state index contributed by atoms with van der Waals surface area (Å²) >= 11 is 0. The number of aliphatic hydroxyl groups excluding tert-OH is 1. The molecule has 6 nitrogen and oxygen atoms in total. The highest BCUT2D eigenvalue weighted by Gasteiger charge is 2.53. The van der Waals surface area contributed by atoms with Gasteiger partial charge in [0.25, 0.3) is 5.91 Å². The minimum absolute atomic E-state index is 0.00498. The Morgan fingerprint density at radius 2 is 1.84 bits per heavy atom. The number of aliphatic hydroxyl groups is 1. The highest BCUT2D eigenvalue weighted by molar-refractivity contribution is 5.95. The van der Waals surface area contributed by atoms with E-state index in [1.807, 2.05) is 42.5 Å². The summed E-state index contributed by atoms with van der Waals surface area (Å²) in [5.41, 5.74) is 3.46. The van der Waals surface area contributed by atoms with Crippen LogP contribution in [0.5, 0.6) is 0 Å². The maximum atomic E-state index is 12.7. The van der Waals surface area contributed by atoms with Crippen molar-refractivity contribution in [2.45, 2.75) is 37.3 Å². The fourth-order valence-corrected chi connectivity index (χ4v) is 4.56. The molecule has 160 valence electrons. The van der Waals surface area contributed by atoms with E-state index in [0.29, 0.717) is 5.56 Å². The minimum atomic E-state index is -0.544. The largest absolute Gasteiger partial charge is 0.394 e. The van der Waals surface area contributed by atoms with Gasteiger partial charge in [-0.1, -0.05) is 42.8 Å². The Hall–Kier alpha value is -3.17. The van der Waals surface area contributed by atoms with Crippen molar-refractivity contribution < 1.29 is 14.7 Å². The van der Waals surface area contributed by atoms with E-state index in [4.69, 9.17) is 0 Å².